The van der Waals surface area contributed by atoms with Crippen LogP contribution in [0.3, 0.4) is 0 Å². The fraction of sp³-hybridized carbons (Fsp3) is 0.0769. The number of nitrogens with zero attached hydrogens (tertiary/aromatic N) is 4. The Labute approximate surface area is 124 Å². The molecule has 0 fully saturated rings. The van der Waals surface area contributed by atoms with Gasteiger partial charge < -0.3 is 5.32 Å². The summed E-state index contributed by atoms with van der Waals surface area (Å²) < 4.78 is 0. The van der Waals surface area contributed by atoms with Gasteiger partial charge in [-0.15, -0.1) is 11.3 Å². The summed E-state index contributed by atoms with van der Waals surface area (Å²) >= 11 is 7.31. The van der Waals surface area contributed by atoms with Crippen LogP contribution in [0, 0.1) is 6.92 Å². The first-order chi connectivity index (χ1) is 9.70. The molecule has 1 N–H and O–H groups in total. The summed E-state index contributed by atoms with van der Waals surface area (Å²) in [5.41, 5.74) is 2.47. The molecule has 0 saturated carbocycles. The van der Waals surface area contributed by atoms with Crippen molar-refractivity contribution in [3.63, 3.8) is 0 Å². The van der Waals surface area contributed by atoms with Gasteiger partial charge in [-0.3, -0.25) is 4.98 Å². The highest BCUT2D eigenvalue weighted by Crippen LogP contribution is 2.25. The molecule has 0 aromatic carbocycles. The fourth-order valence-corrected chi connectivity index (χ4v) is 2.60. The molecule has 0 spiro atoms. The monoisotopic (exact) mass is 303 g/mol. The number of aromatic nitrogens is 4. The fourth-order valence-electron chi connectivity index (χ4n) is 1.67. The third-order valence-electron chi connectivity index (χ3n) is 2.49. The molecule has 20 heavy (non-hydrogen) atoms. The van der Waals surface area contributed by atoms with Crippen LogP contribution in [0.1, 0.15) is 5.69 Å². The van der Waals surface area contributed by atoms with Gasteiger partial charge in [0, 0.05) is 23.3 Å². The summed E-state index contributed by atoms with van der Waals surface area (Å²) in [5, 5.41) is 6.02. The Bertz CT molecular complexity index is 708. The van der Waals surface area contributed by atoms with Gasteiger partial charge in [0.25, 0.3) is 0 Å². The minimum Gasteiger partial charge on any atom is -0.316 e. The maximum Gasteiger partial charge on any atom is 0.224 e. The summed E-state index contributed by atoms with van der Waals surface area (Å²) in [6.07, 6.45) is 1.75. The second kappa shape index (κ2) is 5.52. The molecule has 3 aromatic heterocycles. The lowest BCUT2D eigenvalue weighted by atomic mass is 10.3. The molecular formula is C13H10ClN5S. The maximum absolute atomic E-state index is 5.83. The number of rotatable bonds is 3. The average molecular weight is 304 g/mol. The van der Waals surface area contributed by atoms with Crippen molar-refractivity contribution >= 4 is 33.9 Å². The number of hydrogen-bond acceptors (Lipinski definition) is 6. The number of pyridine rings is 1. The predicted molar refractivity (Wildman–Crippen MR) is 80.4 cm³/mol. The Morgan fingerprint density at radius 3 is 2.80 bits per heavy atom. The van der Waals surface area contributed by atoms with Gasteiger partial charge in [0.15, 0.2) is 5.13 Å². The number of nitrogens with one attached hydrogen (secondary N) is 1. The Morgan fingerprint density at radius 1 is 1.15 bits per heavy atom. The molecular weight excluding hydrogens is 294 g/mol. The first-order valence-electron chi connectivity index (χ1n) is 5.86. The van der Waals surface area contributed by atoms with E-state index in [9.17, 15) is 0 Å². The Kier molecular flexibility index (Phi) is 3.58. The molecule has 0 unspecified atom stereocenters. The van der Waals surface area contributed by atoms with Crippen molar-refractivity contribution in [2.75, 3.05) is 5.32 Å². The predicted octanol–water partition coefficient (Wildman–Crippen LogP) is 3.70. The summed E-state index contributed by atoms with van der Waals surface area (Å²) in [5.74, 6) is 0.629. The number of aryl methyl sites for hydroxylation is 1. The second-order valence-electron chi connectivity index (χ2n) is 4.04. The smallest absolute Gasteiger partial charge is 0.224 e. The van der Waals surface area contributed by atoms with Crippen molar-refractivity contribution in [3.8, 4) is 11.4 Å². The van der Waals surface area contributed by atoms with E-state index in [-0.39, 0.29) is 5.28 Å². The minimum atomic E-state index is 0.217. The zero-order valence-corrected chi connectivity index (χ0v) is 12.1. The number of thiazole rings is 1. The molecule has 3 rings (SSSR count). The molecule has 0 aliphatic carbocycles. The van der Waals surface area contributed by atoms with E-state index in [0.717, 1.165) is 22.2 Å². The van der Waals surface area contributed by atoms with Crippen LogP contribution in [0.2, 0.25) is 5.28 Å². The molecule has 0 radical (unpaired) electrons. The van der Waals surface area contributed by atoms with Crippen molar-refractivity contribution in [2.45, 2.75) is 6.92 Å². The van der Waals surface area contributed by atoms with E-state index >= 15 is 0 Å². The van der Waals surface area contributed by atoms with Gasteiger partial charge >= 0.3 is 0 Å². The van der Waals surface area contributed by atoms with Gasteiger partial charge in [-0.2, -0.15) is 0 Å². The van der Waals surface area contributed by atoms with Crippen molar-refractivity contribution in [1.29, 1.82) is 0 Å². The van der Waals surface area contributed by atoms with Gasteiger partial charge in [0.05, 0.1) is 5.69 Å². The van der Waals surface area contributed by atoms with Crippen LogP contribution in [0.5, 0.6) is 0 Å². The van der Waals surface area contributed by atoms with E-state index in [2.05, 4.69) is 25.3 Å². The van der Waals surface area contributed by atoms with Crippen LogP contribution in [-0.2, 0) is 0 Å². The highest BCUT2D eigenvalue weighted by Gasteiger charge is 2.07. The maximum atomic E-state index is 5.83. The molecule has 0 aliphatic heterocycles. The Balaban J connectivity index is 1.84. The first-order valence-corrected chi connectivity index (χ1v) is 7.11. The standard InChI is InChI=1S/C13H10ClN5S/c1-8-6-11(18-12(14)16-8)19-13-17-10(7-20-13)9-4-2-3-5-15-9/h2-7H,1H3,(H,16,17,18,19). The van der Waals surface area contributed by atoms with Crippen molar-refractivity contribution in [3.05, 3.63) is 46.8 Å². The van der Waals surface area contributed by atoms with Gasteiger partial charge in [0.1, 0.15) is 11.5 Å². The van der Waals surface area contributed by atoms with E-state index < -0.39 is 0 Å². The SMILES string of the molecule is Cc1cc(Nc2nc(-c3ccccn3)cs2)nc(Cl)n1. The molecule has 0 atom stereocenters. The van der Waals surface area contributed by atoms with Gasteiger partial charge in [-0.05, 0) is 30.7 Å². The third kappa shape index (κ3) is 2.92. The van der Waals surface area contributed by atoms with E-state index in [0.29, 0.717) is 5.82 Å². The van der Waals surface area contributed by atoms with Gasteiger partial charge in [0.2, 0.25) is 5.28 Å². The topological polar surface area (TPSA) is 63.6 Å². The zero-order valence-electron chi connectivity index (χ0n) is 10.5. The summed E-state index contributed by atoms with van der Waals surface area (Å²) in [4.78, 5) is 16.9. The van der Waals surface area contributed by atoms with Crippen molar-refractivity contribution in [1.82, 2.24) is 19.9 Å². The third-order valence-corrected chi connectivity index (χ3v) is 3.42. The highest BCUT2D eigenvalue weighted by atomic mass is 35.5. The lowest BCUT2D eigenvalue weighted by Crippen LogP contribution is -1.96. The molecule has 3 aromatic rings. The van der Waals surface area contributed by atoms with E-state index in [4.69, 9.17) is 11.6 Å². The van der Waals surface area contributed by atoms with Crippen LogP contribution < -0.4 is 5.32 Å². The second-order valence-corrected chi connectivity index (χ2v) is 5.24. The van der Waals surface area contributed by atoms with Crippen LogP contribution in [-0.4, -0.2) is 19.9 Å². The van der Waals surface area contributed by atoms with Gasteiger partial charge in [-0.1, -0.05) is 6.07 Å². The summed E-state index contributed by atoms with van der Waals surface area (Å²) in [6.45, 7) is 1.86. The number of halogens is 1. The van der Waals surface area contributed by atoms with Crippen LogP contribution in [0.4, 0.5) is 10.9 Å². The van der Waals surface area contributed by atoms with Crippen LogP contribution in [0.25, 0.3) is 11.4 Å². The molecule has 7 heteroatoms. The number of anilines is 2. The lowest BCUT2D eigenvalue weighted by Gasteiger charge is -2.02. The lowest BCUT2D eigenvalue weighted by molar-refractivity contribution is 1.10. The Hall–Kier alpha value is -2.05. The quantitative estimate of drug-likeness (QED) is 0.747. The van der Waals surface area contributed by atoms with Crippen LogP contribution >= 0.6 is 22.9 Å². The molecule has 0 saturated heterocycles. The van der Waals surface area contributed by atoms with Crippen LogP contribution in [0.15, 0.2) is 35.8 Å². The average Bonchev–Trinajstić information content (AvgIpc) is 2.87. The largest absolute Gasteiger partial charge is 0.316 e. The van der Waals surface area contributed by atoms with E-state index in [1.807, 2.05) is 36.6 Å². The van der Waals surface area contributed by atoms with Gasteiger partial charge in [-0.25, -0.2) is 15.0 Å². The highest BCUT2D eigenvalue weighted by molar-refractivity contribution is 7.14. The Morgan fingerprint density at radius 2 is 2.05 bits per heavy atom. The molecule has 0 bridgehead atoms. The molecule has 0 amide bonds. The summed E-state index contributed by atoms with van der Waals surface area (Å²) in [6, 6.07) is 7.54. The molecule has 0 aliphatic rings. The minimum absolute atomic E-state index is 0.217. The van der Waals surface area contributed by atoms with Crippen molar-refractivity contribution in [2.24, 2.45) is 0 Å². The molecule has 5 nitrogen and oxygen atoms in total. The summed E-state index contributed by atoms with van der Waals surface area (Å²) in [7, 11) is 0. The zero-order chi connectivity index (χ0) is 13.9. The molecule has 3 heterocycles. The first kappa shape index (κ1) is 13.0. The van der Waals surface area contributed by atoms with E-state index in [1.165, 1.54) is 11.3 Å². The molecule has 100 valence electrons. The van der Waals surface area contributed by atoms with Crippen molar-refractivity contribution < 1.29 is 0 Å². The van der Waals surface area contributed by atoms with E-state index in [1.54, 1.807) is 6.20 Å². The normalized spacial score (nSPS) is 10.5. The number of hydrogen-bond donors (Lipinski definition) is 1.